The molecule has 3 amide bonds. The summed E-state index contributed by atoms with van der Waals surface area (Å²) >= 11 is 0. The second kappa shape index (κ2) is 9.87. The number of nitrogens with one attached hydrogen (secondary N) is 2. The zero-order valence-corrected chi connectivity index (χ0v) is 17.5. The van der Waals surface area contributed by atoms with Crippen molar-refractivity contribution in [2.75, 3.05) is 17.2 Å². The summed E-state index contributed by atoms with van der Waals surface area (Å²) in [5.74, 6) is -0.623. The van der Waals surface area contributed by atoms with E-state index in [2.05, 4.69) is 15.6 Å². The van der Waals surface area contributed by atoms with E-state index in [4.69, 9.17) is 0 Å². The van der Waals surface area contributed by atoms with Crippen LogP contribution in [-0.2, 0) is 9.59 Å². The molecule has 2 aromatic carbocycles. The topological polar surface area (TPSA) is 91.4 Å². The molecule has 2 N–H and O–H groups in total. The molecule has 4 rings (SSSR count). The zero-order chi connectivity index (χ0) is 22.3. The number of piperidine rings is 1. The van der Waals surface area contributed by atoms with Crippen LogP contribution in [0.15, 0.2) is 79.1 Å². The van der Waals surface area contributed by atoms with Crippen molar-refractivity contribution in [1.82, 2.24) is 9.88 Å². The number of nitrogens with zero attached hydrogens (tertiary/aromatic N) is 2. The minimum absolute atomic E-state index is 0.0225. The van der Waals surface area contributed by atoms with Crippen molar-refractivity contribution in [3.05, 3.63) is 90.3 Å². The Labute approximate surface area is 186 Å². The van der Waals surface area contributed by atoms with Gasteiger partial charge in [0.2, 0.25) is 5.91 Å². The van der Waals surface area contributed by atoms with Gasteiger partial charge in [-0.3, -0.25) is 19.4 Å². The predicted octanol–water partition coefficient (Wildman–Crippen LogP) is 4.03. The van der Waals surface area contributed by atoms with Crippen LogP contribution in [0.1, 0.15) is 41.2 Å². The summed E-state index contributed by atoms with van der Waals surface area (Å²) in [5.41, 5.74) is 2.28. The standard InChI is InChI=1S/C25H24N4O3/c30-22-11-4-5-16-29(22)23(18-7-2-1-3-8-18)25(32)28-21-10-6-9-19(17-21)24(31)27-20-12-14-26-15-13-20/h1-3,6-10,12-15,17,23H,4-5,11,16H2,(H,28,32)(H,26,27,31). The highest BCUT2D eigenvalue weighted by molar-refractivity contribution is 6.05. The van der Waals surface area contributed by atoms with Gasteiger partial charge in [0.15, 0.2) is 0 Å². The maximum Gasteiger partial charge on any atom is 0.255 e. The maximum atomic E-state index is 13.3. The maximum absolute atomic E-state index is 13.3. The van der Waals surface area contributed by atoms with E-state index in [1.807, 2.05) is 30.3 Å². The summed E-state index contributed by atoms with van der Waals surface area (Å²) in [6, 6.07) is 18.7. The molecule has 7 nitrogen and oxygen atoms in total. The largest absolute Gasteiger partial charge is 0.327 e. The molecule has 1 aromatic heterocycles. The summed E-state index contributed by atoms with van der Waals surface area (Å²) in [6.07, 6.45) is 5.34. The summed E-state index contributed by atoms with van der Waals surface area (Å²) < 4.78 is 0. The van der Waals surface area contributed by atoms with Gasteiger partial charge < -0.3 is 15.5 Å². The summed E-state index contributed by atoms with van der Waals surface area (Å²) in [5, 5.41) is 5.69. The monoisotopic (exact) mass is 428 g/mol. The third-order valence-electron chi connectivity index (χ3n) is 5.37. The van der Waals surface area contributed by atoms with Gasteiger partial charge in [0.25, 0.3) is 11.8 Å². The van der Waals surface area contributed by atoms with Crippen LogP contribution in [0.4, 0.5) is 11.4 Å². The molecular formula is C25H24N4O3. The summed E-state index contributed by atoms with van der Waals surface area (Å²) in [7, 11) is 0. The van der Waals surface area contributed by atoms with Gasteiger partial charge in [-0.1, -0.05) is 36.4 Å². The Morgan fingerprint density at radius 2 is 1.66 bits per heavy atom. The van der Waals surface area contributed by atoms with E-state index in [-0.39, 0.29) is 17.7 Å². The van der Waals surface area contributed by atoms with Crippen molar-refractivity contribution in [1.29, 1.82) is 0 Å². The van der Waals surface area contributed by atoms with Gasteiger partial charge in [-0.05, 0) is 48.7 Å². The fourth-order valence-corrected chi connectivity index (χ4v) is 3.80. The van der Waals surface area contributed by atoms with Crippen molar-refractivity contribution in [3.63, 3.8) is 0 Å². The SMILES string of the molecule is O=C(Nc1ccncc1)c1cccc(NC(=O)C(c2ccccc2)N2CCCCC2=O)c1. The zero-order valence-electron chi connectivity index (χ0n) is 17.5. The molecule has 0 saturated carbocycles. The van der Waals surface area contributed by atoms with Crippen molar-refractivity contribution >= 4 is 29.1 Å². The lowest BCUT2D eigenvalue weighted by atomic mass is 10.0. The molecule has 1 aliphatic rings. The molecule has 2 heterocycles. The Morgan fingerprint density at radius 1 is 0.875 bits per heavy atom. The van der Waals surface area contributed by atoms with Crippen molar-refractivity contribution < 1.29 is 14.4 Å². The van der Waals surface area contributed by atoms with Gasteiger partial charge in [0.05, 0.1) is 0 Å². The highest BCUT2D eigenvalue weighted by atomic mass is 16.2. The van der Waals surface area contributed by atoms with E-state index < -0.39 is 6.04 Å². The van der Waals surface area contributed by atoms with Crippen LogP contribution in [0.3, 0.4) is 0 Å². The fourth-order valence-electron chi connectivity index (χ4n) is 3.80. The number of likely N-dealkylation sites (tertiary alicyclic amines) is 1. The molecule has 3 aromatic rings. The van der Waals surface area contributed by atoms with Gasteiger partial charge >= 0.3 is 0 Å². The minimum Gasteiger partial charge on any atom is -0.327 e. The molecule has 1 atom stereocenters. The number of amides is 3. The molecule has 1 saturated heterocycles. The quantitative estimate of drug-likeness (QED) is 0.620. The van der Waals surface area contributed by atoms with Crippen LogP contribution in [0.2, 0.25) is 0 Å². The Hall–Kier alpha value is -4.00. The van der Waals surface area contributed by atoms with Crippen molar-refractivity contribution in [2.24, 2.45) is 0 Å². The molecule has 162 valence electrons. The Balaban J connectivity index is 1.54. The van der Waals surface area contributed by atoms with Crippen molar-refractivity contribution in [2.45, 2.75) is 25.3 Å². The Morgan fingerprint density at radius 3 is 2.41 bits per heavy atom. The van der Waals surface area contributed by atoms with E-state index in [9.17, 15) is 14.4 Å². The number of anilines is 2. The number of carbonyl (C=O) groups is 3. The average Bonchev–Trinajstić information content (AvgIpc) is 2.82. The first-order valence-electron chi connectivity index (χ1n) is 10.6. The van der Waals surface area contributed by atoms with Crippen LogP contribution >= 0.6 is 0 Å². The van der Waals surface area contributed by atoms with Crippen LogP contribution < -0.4 is 10.6 Å². The first-order valence-corrected chi connectivity index (χ1v) is 10.6. The predicted molar refractivity (Wildman–Crippen MR) is 122 cm³/mol. The Bertz CT molecular complexity index is 1100. The van der Waals surface area contributed by atoms with Crippen LogP contribution in [0.25, 0.3) is 0 Å². The van der Waals surface area contributed by atoms with Gasteiger partial charge in [0, 0.05) is 42.3 Å². The lowest BCUT2D eigenvalue weighted by Gasteiger charge is -2.34. The first kappa shape index (κ1) is 21.2. The molecule has 1 unspecified atom stereocenters. The van der Waals surface area contributed by atoms with Gasteiger partial charge in [-0.25, -0.2) is 0 Å². The molecule has 7 heteroatoms. The molecule has 0 bridgehead atoms. The molecule has 0 aliphatic carbocycles. The van der Waals surface area contributed by atoms with Gasteiger partial charge in [-0.2, -0.15) is 0 Å². The summed E-state index contributed by atoms with van der Waals surface area (Å²) in [6.45, 7) is 0.542. The van der Waals surface area contributed by atoms with E-state index in [0.29, 0.717) is 29.9 Å². The Kier molecular flexibility index (Phi) is 6.55. The second-order valence-corrected chi connectivity index (χ2v) is 7.62. The molecule has 0 radical (unpaired) electrons. The molecule has 32 heavy (non-hydrogen) atoms. The van der Waals surface area contributed by atoms with Crippen LogP contribution in [0, 0.1) is 0 Å². The lowest BCUT2D eigenvalue weighted by molar-refractivity contribution is -0.141. The van der Waals surface area contributed by atoms with E-state index in [1.165, 1.54) is 0 Å². The minimum atomic E-state index is -0.724. The third kappa shape index (κ3) is 5.00. The highest BCUT2D eigenvalue weighted by Gasteiger charge is 2.32. The van der Waals surface area contributed by atoms with E-state index in [1.54, 1.807) is 53.7 Å². The smallest absolute Gasteiger partial charge is 0.255 e. The van der Waals surface area contributed by atoms with E-state index >= 15 is 0 Å². The van der Waals surface area contributed by atoms with Gasteiger partial charge in [0.1, 0.15) is 6.04 Å². The molecule has 1 fully saturated rings. The third-order valence-corrected chi connectivity index (χ3v) is 5.37. The lowest BCUT2D eigenvalue weighted by Crippen LogP contribution is -2.43. The molecule has 1 aliphatic heterocycles. The number of carbonyl (C=O) groups excluding carboxylic acids is 3. The number of hydrogen-bond donors (Lipinski definition) is 2. The summed E-state index contributed by atoms with van der Waals surface area (Å²) in [4.78, 5) is 44.1. The number of aromatic nitrogens is 1. The van der Waals surface area contributed by atoms with Gasteiger partial charge in [-0.15, -0.1) is 0 Å². The molecular weight excluding hydrogens is 404 g/mol. The number of hydrogen-bond acceptors (Lipinski definition) is 4. The number of benzene rings is 2. The normalized spacial score (nSPS) is 14.5. The van der Waals surface area contributed by atoms with Crippen LogP contribution in [-0.4, -0.2) is 34.2 Å². The number of rotatable bonds is 6. The fraction of sp³-hybridized carbons (Fsp3) is 0.200. The number of pyridine rings is 1. The first-order chi connectivity index (χ1) is 15.6. The second-order valence-electron chi connectivity index (χ2n) is 7.62. The van der Waals surface area contributed by atoms with Crippen LogP contribution in [0.5, 0.6) is 0 Å². The van der Waals surface area contributed by atoms with Crippen molar-refractivity contribution in [3.8, 4) is 0 Å². The highest BCUT2D eigenvalue weighted by Crippen LogP contribution is 2.27. The van der Waals surface area contributed by atoms with E-state index in [0.717, 1.165) is 18.4 Å². The molecule has 0 spiro atoms. The average molecular weight is 428 g/mol.